The molecule has 0 amide bonds. The second-order valence-corrected chi connectivity index (χ2v) is 5.55. The molecule has 2 N–H and O–H groups in total. The van der Waals surface area contributed by atoms with Gasteiger partial charge in [-0.05, 0) is 36.6 Å². The monoisotopic (exact) mass is 349 g/mol. The Labute approximate surface area is 149 Å². The van der Waals surface area contributed by atoms with Crippen LogP contribution in [-0.4, -0.2) is 36.9 Å². The van der Waals surface area contributed by atoms with Gasteiger partial charge in [-0.25, -0.2) is 4.79 Å². The van der Waals surface area contributed by atoms with Gasteiger partial charge in [0.25, 0.3) is 0 Å². The van der Waals surface area contributed by atoms with Gasteiger partial charge in [0.05, 0.1) is 18.3 Å². The first-order valence-corrected chi connectivity index (χ1v) is 7.83. The Hall–Kier alpha value is -1.88. The number of nitrogens with one attached hydrogen (secondary N) is 1. The highest BCUT2D eigenvalue weighted by Gasteiger charge is 2.04. The Bertz CT molecular complexity index is 596. The van der Waals surface area contributed by atoms with Crippen LogP contribution in [0.3, 0.4) is 0 Å². The minimum atomic E-state index is -0.883. The summed E-state index contributed by atoms with van der Waals surface area (Å²) in [7, 11) is 0. The summed E-state index contributed by atoms with van der Waals surface area (Å²) < 4.78 is 5.22. The molecule has 0 radical (unpaired) electrons. The molecule has 130 valence electrons. The summed E-state index contributed by atoms with van der Waals surface area (Å²) in [5, 5.41) is 12.0. The number of carboxylic acid groups (broad SMARTS) is 1. The second-order valence-electron chi connectivity index (χ2n) is 5.55. The summed E-state index contributed by atoms with van der Waals surface area (Å²) in [6.07, 6.45) is 1.26. The molecular formula is C19H24ClNO3. The number of halogens is 1. The fourth-order valence-electron chi connectivity index (χ4n) is 2.29. The summed E-state index contributed by atoms with van der Waals surface area (Å²) in [5.74, 6) is -0.883. The molecule has 1 saturated heterocycles. The lowest BCUT2D eigenvalue weighted by Gasteiger charge is -2.18. The number of hydrogen-bond acceptors (Lipinski definition) is 3. The highest BCUT2D eigenvalue weighted by Crippen LogP contribution is 2.10. The van der Waals surface area contributed by atoms with Crippen LogP contribution in [0, 0.1) is 0 Å². The molecule has 0 saturated carbocycles. The molecule has 0 aromatic heterocycles. The van der Waals surface area contributed by atoms with Crippen molar-refractivity contribution < 1.29 is 14.6 Å². The number of ether oxygens (including phenoxy) is 1. The number of hydrogen-bond donors (Lipinski definition) is 2. The summed E-state index contributed by atoms with van der Waals surface area (Å²) in [6.45, 7) is 4.98. The molecule has 2 aromatic carbocycles. The first kappa shape index (κ1) is 20.2. The van der Waals surface area contributed by atoms with Crippen LogP contribution >= 0.6 is 12.4 Å². The predicted molar refractivity (Wildman–Crippen MR) is 98.2 cm³/mol. The topological polar surface area (TPSA) is 58.6 Å². The van der Waals surface area contributed by atoms with Gasteiger partial charge in [0, 0.05) is 13.1 Å². The number of aromatic carboxylic acids is 1. The van der Waals surface area contributed by atoms with Gasteiger partial charge in [-0.3, -0.25) is 0 Å². The lowest BCUT2D eigenvalue weighted by molar-refractivity contribution is 0.0410. The lowest BCUT2D eigenvalue weighted by Crippen LogP contribution is -2.36. The first-order chi connectivity index (χ1) is 11.1. The smallest absolute Gasteiger partial charge is 0.335 e. The fraction of sp³-hybridized carbons (Fsp3) is 0.316. The van der Waals surface area contributed by atoms with Crippen molar-refractivity contribution in [1.82, 2.24) is 5.32 Å². The molecule has 1 atom stereocenters. The first-order valence-electron chi connectivity index (χ1n) is 7.83. The molecule has 1 aliphatic rings. The zero-order valence-corrected chi connectivity index (χ0v) is 14.6. The van der Waals surface area contributed by atoms with E-state index in [1.165, 1.54) is 5.56 Å². The van der Waals surface area contributed by atoms with E-state index in [0.717, 1.165) is 31.7 Å². The summed E-state index contributed by atoms with van der Waals surface area (Å²) in [5.41, 5.74) is 2.68. The number of carboxylic acids is 1. The second kappa shape index (κ2) is 10.8. The maximum atomic E-state index is 10.7. The van der Waals surface area contributed by atoms with E-state index in [1.54, 1.807) is 12.1 Å². The van der Waals surface area contributed by atoms with Crippen LogP contribution in [0.1, 0.15) is 28.4 Å². The van der Waals surface area contributed by atoms with Crippen LogP contribution in [0.5, 0.6) is 0 Å². The number of morpholine rings is 1. The molecule has 1 fully saturated rings. The van der Waals surface area contributed by atoms with Crippen LogP contribution in [0.15, 0.2) is 54.6 Å². The highest BCUT2D eigenvalue weighted by molar-refractivity contribution is 5.87. The van der Waals surface area contributed by atoms with Gasteiger partial charge < -0.3 is 15.2 Å². The molecular weight excluding hydrogens is 326 g/mol. The van der Waals surface area contributed by atoms with Crippen molar-refractivity contribution in [3.05, 3.63) is 71.3 Å². The Kier molecular flexibility index (Phi) is 9.08. The van der Waals surface area contributed by atoms with Gasteiger partial charge >= 0.3 is 5.97 Å². The molecule has 24 heavy (non-hydrogen) atoms. The minimum absolute atomic E-state index is 0. The van der Waals surface area contributed by atoms with Gasteiger partial charge in [-0.15, -0.1) is 12.4 Å². The summed E-state index contributed by atoms with van der Waals surface area (Å²) >= 11 is 0. The molecule has 2 aromatic rings. The van der Waals surface area contributed by atoms with Crippen LogP contribution in [0.25, 0.3) is 0 Å². The van der Waals surface area contributed by atoms with E-state index in [9.17, 15) is 4.79 Å². The van der Waals surface area contributed by atoms with E-state index >= 15 is 0 Å². The van der Waals surface area contributed by atoms with Crippen LogP contribution < -0.4 is 5.32 Å². The quantitative estimate of drug-likeness (QED) is 0.891. The zero-order chi connectivity index (χ0) is 16.5. The van der Waals surface area contributed by atoms with Gasteiger partial charge in [0.15, 0.2) is 0 Å². The molecule has 5 heteroatoms. The summed E-state index contributed by atoms with van der Waals surface area (Å²) in [6, 6.07) is 17.1. The molecule has 4 nitrogen and oxygen atoms in total. The third-order valence-electron chi connectivity index (χ3n) is 3.56. The highest BCUT2D eigenvalue weighted by atomic mass is 35.5. The van der Waals surface area contributed by atoms with Crippen LogP contribution in [0.4, 0.5) is 0 Å². The molecule has 0 aliphatic carbocycles. The maximum Gasteiger partial charge on any atom is 0.335 e. The molecule has 1 aliphatic heterocycles. The van der Waals surface area contributed by atoms with Crippen molar-refractivity contribution >= 4 is 18.4 Å². The Morgan fingerprint density at radius 2 is 1.75 bits per heavy atom. The van der Waals surface area contributed by atoms with E-state index in [-0.39, 0.29) is 12.4 Å². The normalized spacial score (nSPS) is 16.3. The van der Waals surface area contributed by atoms with Crippen molar-refractivity contribution in [3.8, 4) is 0 Å². The van der Waals surface area contributed by atoms with E-state index in [2.05, 4.69) is 24.4 Å². The molecule has 1 unspecified atom stereocenters. The van der Waals surface area contributed by atoms with E-state index in [4.69, 9.17) is 9.84 Å². The Morgan fingerprint density at radius 1 is 1.12 bits per heavy atom. The van der Waals surface area contributed by atoms with Gasteiger partial charge in [0.1, 0.15) is 0 Å². The van der Waals surface area contributed by atoms with E-state index in [1.807, 2.05) is 30.3 Å². The average molecular weight is 350 g/mol. The van der Waals surface area contributed by atoms with Crippen LogP contribution in [0.2, 0.25) is 0 Å². The Balaban J connectivity index is 0.000000304. The van der Waals surface area contributed by atoms with Crippen molar-refractivity contribution in [3.63, 3.8) is 0 Å². The van der Waals surface area contributed by atoms with Crippen LogP contribution in [-0.2, 0) is 11.2 Å². The molecule has 3 rings (SSSR count). The molecule has 0 spiro atoms. The van der Waals surface area contributed by atoms with E-state index in [0.29, 0.717) is 11.7 Å². The molecule has 0 bridgehead atoms. The zero-order valence-electron chi connectivity index (χ0n) is 13.8. The number of carbonyl (C=O) groups is 1. The van der Waals surface area contributed by atoms with Crippen molar-refractivity contribution in [2.45, 2.75) is 19.4 Å². The van der Waals surface area contributed by atoms with Gasteiger partial charge in [0.2, 0.25) is 0 Å². The number of rotatable bonds is 3. The lowest BCUT2D eigenvalue weighted by atomic mass is 10.0. The number of benzene rings is 2. The van der Waals surface area contributed by atoms with Gasteiger partial charge in [-0.2, -0.15) is 0 Å². The fourth-order valence-corrected chi connectivity index (χ4v) is 2.29. The van der Waals surface area contributed by atoms with Gasteiger partial charge in [-0.1, -0.05) is 42.5 Å². The SMILES string of the molecule is CC1CNCCO1.Cl.O=C(O)c1ccc(Cc2ccccc2)cc1. The Morgan fingerprint density at radius 3 is 2.21 bits per heavy atom. The van der Waals surface area contributed by atoms with Crippen molar-refractivity contribution in [1.29, 1.82) is 0 Å². The van der Waals surface area contributed by atoms with E-state index < -0.39 is 5.97 Å². The average Bonchev–Trinajstić information content (AvgIpc) is 2.57. The predicted octanol–water partition coefficient (Wildman–Crippen LogP) is 3.39. The van der Waals surface area contributed by atoms with Crippen molar-refractivity contribution in [2.75, 3.05) is 19.7 Å². The maximum absolute atomic E-state index is 10.7. The third-order valence-corrected chi connectivity index (χ3v) is 3.56. The standard InChI is InChI=1S/C14H12O2.C5H11NO.ClH/c15-14(16)13-8-6-12(7-9-13)10-11-4-2-1-3-5-11;1-5-4-6-2-3-7-5;/h1-9H,10H2,(H,15,16);5-6H,2-4H2,1H3;1H. The summed E-state index contributed by atoms with van der Waals surface area (Å²) in [4.78, 5) is 10.7. The minimum Gasteiger partial charge on any atom is -0.478 e. The largest absolute Gasteiger partial charge is 0.478 e. The van der Waals surface area contributed by atoms with Crippen molar-refractivity contribution in [2.24, 2.45) is 0 Å². The third kappa shape index (κ3) is 7.13. The molecule has 1 heterocycles.